The third kappa shape index (κ3) is 4.84. The van der Waals surface area contributed by atoms with E-state index in [1.807, 2.05) is 31.5 Å². The van der Waals surface area contributed by atoms with Gasteiger partial charge in [-0.05, 0) is 86.1 Å². The van der Waals surface area contributed by atoms with Gasteiger partial charge in [-0.25, -0.2) is 0 Å². The zero-order valence-corrected chi connectivity index (χ0v) is 22.1. The predicted octanol–water partition coefficient (Wildman–Crippen LogP) is 5.30. The van der Waals surface area contributed by atoms with Crippen LogP contribution in [0.3, 0.4) is 0 Å². The van der Waals surface area contributed by atoms with Gasteiger partial charge in [0.05, 0.1) is 11.5 Å². The molecule has 0 unspecified atom stereocenters. The number of rotatable bonds is 8. The second kappa shape index (κ2) is 9.05. The number of aromatic nitrogens is 1. The fourth-order valence-electron chi connectivity index (χ4n) is 6.00. The number of aliphatic carboxylic acids is 1. The van der Waals surface area contributed by atoms with Gasteiger partial charge in [0.1, 0.15) is 5.69 Å². The van der Waals surface area contributed by atoms with Crippen molar-refractivity contribution in [2.75, 3.05) is 0 Å². The van der Waals surface area contributed by atoms with Gasteiger partial charge in [-0.1, -0.05) is 44.7 Å². The lowest BCUT2D eigenvalue weighted by atomic mass is 9.80. The first-order chi connectivity index (χ1) is 16.9. The Morgan fingerprint density at radius 3 is 2.36 bits per heavy atom. The lowest BCUT2D eigenvalue weighted by Gasteiger charge is -2.32. The summed E-state index contributed by atoms with van der Waals surface area (Å²) in [5, 5.41) is 23.1. The van der Waals surface area contributed by atoms with Gasteiger partial charge in [0.15, 0.2) is 0 Å². The van der Waals surface area contributed by atoms with Crippen LogP contribution in [-0.2, 0) is 29.3 Å². The first-order valence-corrected chi connectivity index (χ1v) is 13.6. The number of nitrogens with one attached hydrogen (secondary N) is 1. The van der Waals surface area contributed by atoms with E-state index in [4.69, 9.17) is 0 Å². The average Bonchev–Trinajstić information content (AvgIpc) is 3.19. The summed E-state index contributed by atoms with van der Waals surface area (Å²) in [5.74, 6) is -0.663. The number of hydrogen-bond donors (Lipinski definition) is 3. The number of hydrogen-bond acceptors (Lipinski definition) is 3. The Labute approximate surface area is 214 Å². The van der Waals surface area contributed by atoms with E-state index in [0.717, 1.165) is 36.0 Å². The van der Waals surface area contributed by atoms with E-state index in [0.29, 0.717) is 24.5 Å². The summed E-state index contributed by atoms with van der Waals surface area (Å²) in [6, 6.07) is 8.43. The zero-order chi connectivity index (χ0) is 25.8. The molecule has 3 N–H and O–H groups in total. The van der Waals surface area contributed by atoms with Crippen molar-refractivity contribution in [2.45, 2.75) is 95.6 Å². The van der Waals surface area contributed by atoms with Gasteiger partial charge in [0.2, 0.25) is 0 Å². The van der Waals surface area contributed by atoms with E-state index < -0.39 is 11.6 Å². The second-order valence-corrected chi connectivity index (χ2v) is 12.4. The number of benzene rings is 1. The lowest BCUT2D eigenvalue weighted by molar-refractivity contribution is -0.145. The van der Waals surface area contributed by atoms with Crippen LogP contribution >= 0.6 is 0 Å². The quantitative estimate of drug-likeness (QED) is 0.467. The van der Waals surface area contributed by atoms with Gasteiger partial charge in [-0.15, -0.1) is 0 Å². The molecule has 2 aromatic rings. The maximum Gasteiger partial charge on any atom is 0.306 e. The summed E-state index contributed by atoms with van der Waals surface area (Å²) in [5.41, 5.74) is 5.28. The Hall–Kier alpha value is -2.60. The SMILES string of the molecule is Cn1c(C(=O)NC2CC(C(=O)O)C2)cc(-c2cc(C(C)(C)O)cc(C3(C)CC3)c2)c1CC1CCCC1. The van der Waals surface area contributed by atoms with E-state index in [1.54, 1.807) is 0 Å². The molecule has 6 nitrogen and oxygen atoms in total. The summed E-state index contributed by atoms with van der Waals surface area (Å²) in [4.78, 5) is 24.5. The Morgan fingerprint density at radius 1 is 1.11 bits per heavy atom. The normalized spacial score (nSPS) is 23.4. The minimum absolute atomic E-state index is 0.0878. The standard InChI is InChI=1S/C30H40N2O4/c1-29(2,36)21-12-19(13-22(16-21)30(3)9-10-30)24-17-26(27(33)31-23-14-20(15-23)28(34)35)32(4)25(24)11-18-7-5-6-8-18/h12-13,16-18,20,23,36H,5-11,14-15H2,1-4H3,(H,31,33)(H,34,35). The number of carbonyl (C=O) groups excluding carboxylic acids is 1. The highest BCUT2D eigenvalue weighted by Crippen LogP contribution is 2.49. The van der Waals surface area contributed by atoms with Crippen molar-refractivity contribution in [3.63, 3.8) is 0 Å². The molecule has 5 rings (SSSR count). The number of carboxylic acids is 1. The molecule has 3 fully saturated rings. The molecule has 6 heteroatoms. The highest BCUT2D eigenvalue weighted by molar-refractivity contribution is 5.95. The fourth-order valence-corrected chi connectivity index (χ4v) is 6.00. The Bertz CT molecular complexity index is 1150. The minimum Gasteiger partial charge on any atom is -0.481 e. The predicted molar refractivity (Wildman–Crippen MR) is 140 cm³/mol. The highest BCUT2D eigenvalue weighted by Gasteiger charge is 2.40. The number of carbonyl (C=O) groups is 2. The van der Waals surface area contributed by atoms with Gasteiger partial charge in [-0.3, -0.25) is 9.59 Å². The fraction of sp³-hybridized carbons (Fsp3) is 0.600. The molecule has 3 aliphatic carbocycles. The van der Waals surface area contributed by atoms with Crippen LogP contribution < -0.4 is 5.32 Å². The number of nitrogens with zero attached hydrogens (tertiary/aromatic N) is 1. The molecule has 3 aliphatic rings. The molecule has 194 valence electrons. The van der Waals surface area contributed by atoms with E-state index in [9.17, 15) is 19.8 Å². The van der Waals surface area contributed by atoms with Gasteiger partial charge in [0, 0.05) is 24.3 Å². The summed E-state index contributed by atoms with van der Waals surface area (Å²) < 4.78 is 2.05. The molecule has 1 aromatic heterocycles. The molecule has 0 atom stereocenters. The van der Waals surface area contributed by atoms with Crippen LogP contribution in [0.25, 0.3) is 11.1 Å². The first-order valence-electron chi connectivity index (χ1n) is 13.6. The zero-order valence-electron chi connectivity index (χ0n) is 22.1. The maximum atomic E-state index is 13.3. The molecule has 1 aromatic carbocycles. The Morgan fingerprint density at radius 2 is 1.78 bits per heavy atom. The summed E-state index contributed by atoms with van der Waals surface area (Å²) >= 11 is 0. The lowest BCUT2D eigenvalue weighted by Crippen LogP contribution is -2.47. The van der Waals surface area contributed by atoms with Crippen molar-refractivity contribution in [3.05, 3.63) is 46.8 Å². The highest BCUT2D eigenvalue weighted by atomic mass is 16.4. The van der Waals surface area contributed by atoms with Crippen LogP contribution in [0.15, 0.2) is 24.3 Å². The van der Waals surface area contributed by atoms with Crippen molar-refractivity contribution >= 4 is 11.9 Å². The Balaban J connectivity index is 1.52. The molecule has 1 heterocycles. The molecule has 0 radical (unpaired) electrons. The molecule has 1 amide bonds. The van der Waals surface area contributed by atoms with Gasteiger partial charge in [0.25, 0.3) is 5.91 Å². The molecule has 3 saturated carbocycles. The summed E-state index contributed by atoms with van der Waals surface area (Å²) in [7, 11) is 1.98. The number of carboxylic acid groups (broad SMARTS) is 1. The topological polar surface area (TPSA) is 91.6 Å². The van der Waals surface area contributed by atoms with Crippen molar-refractivity contribution in [2.24, 2.45) is 18.9 Å². The maximum absolute atomic E-state index is 13.3. The summed E-state index contributed by atoms with van der Waals surface area (Å²) in [6.45, 7) is 5.95. The first kappa shape index (κ1) is 25.1. The van der Waals surface area contributed by atoms with Crippen LogP contribution in [-0.4, -0.2) is 32.7 Å². The minimum atomic E-state index is -0.957. The molecule has 0 aliphatic heterocycles. The second-order valence-electron chi connectivity index (χ2n) is 12.4. The van der Waals surface area contributed by atoms with Crippen LogP contribution in [0.1, 0.15) is 99.4 Å². The third-order valence-electron chi connectivity index (χ3n) is 9.02. The average molecular weight is 493 g/mol. The van der Waals surface area contributed by atoms with Crippen LogP contribution in [0.4, 0.5) is 0 Å². The number of aliphatic hydroxyl groups is 1. The smallest absolute Gasteiger partial charge is 0.306 e. The van der Waals surface area contributed by atoms with Gasteiger partial charge >= 0.3 is 5.97 Å². The van der Waals surface area contributed by atoms with Crippen molar-refractivity contribution in [1.82, 2.24) is 9.88 Å². The van der Waals surface area contributed by atoms with Crippen LogP contribution in [0.2, 0.25) is 0 Å². The molecule has 0 spiro atoms. The van der Waals surface area contributed by atoms with Crippen LogP contribution in [0, 0.1) is 11.8 Å². The Kier molecular flexibility index (Phi) is 6.30. The van der Waals surface area contributed by atoms with E-state index in [2.05, 4.69) is 30.4 Å². The molecule has 36 heavy (non-hydrogen) atoms. The third-order valence-corrected chi connectivity index (χ3v) is 9.02. The molecule has 0 bridgehead atoms. The van der Waals surface area contributed by atoms with Crippen molar-refractivity contribution < 1.29 is 19.8 Å². The molecular weight excluding hydrogens is 452 g/mol. The number of amides is 1. The molecule has 0 saturated heterocycles. The van der Waals surface area contributed by atoms with Gasteiger partial charge < -0.3 is 20.1 Å². The molecular formula is C30H40N2O4. The monoisotopic (exact) mass is 492 g/mol. The van der Waals surface area contributed by atoms with Crippen molar-refractivity contribution in [3.8, 4) is 11.1 Å². The van der Waals surface area contributed by atoms with Crippen LogP contribution in [0.5, 0.6) is 0 Å². The van der Waals surface area contributed by atoms with E-state index >= 15 is 0 Å². The van der Waals surface area contributed by atoms with E-state index in [1.165, 1.54) is 36.9 Å². The summed E-state index contributed by atoms with van der Waals surface area (Å²) in [6.07, 6.45) is 9.18. The van der Waals surface area contributed by atoms with Crippen molar-refractivity contribution in [1.29, 1.82) is 0 Å². The van der Waals surface area contributed by atoms with E-state index in [-0.39, 0.29) is 23.3 Å². The van der Waals surface area contributed by atoms with Gasteiger partial charge in [-0.2, -0.15) is 0 Å². The largest absolute Gasteiger partial charge is 0.481 e.